The molecule has 52 heavy (non-hydrogen) atoms. The largest absolute Gasteiger partial charge is 0.453 e. The van der Waals surface area contributed by atoms with Crippen LogP contribution in [0.4, 0.5) is 9.59 Å². The molecule has 3 aromatic rings. The molecule has 0 saturated carbocycles. The number of aromatic nitrogens is 1. The fraction of sp³-hybridized carbons (Fsp3) is 0.447. The second-order valence-corrected chi connectivity index (χ2v) is 14.2. The number of benzene rings is 2. The summed E-state index contributed by atoms with van der Waals surface area (Å²) in [6, 6.07) is 18.4. The van der Waals surface area contributed by atoms with E-state index in [1.165, 1.54) is 5.01 Å². The average molecular weight is 724 g/mol. The highest BCUT2D eigenvalue weighted by Crippen LogP contribution is 2.23. The Kier molecular flexibility index (Phi) is 13.4. The third-order valence-electron chi connectivity index (χ3n) is 8.44. The molecule has 0 unspecified atom stereocenters. The smallest absolute Gasteiger partial charge is 0.407 e. The highest BCUT2D eigenvalue weighted by molar-refractivity contribution is 5.87. The van der Waals surface area contributed by atoms with Gasteiger partial charge in [-0.2, -0.15) is 0 Å². The maximum Gasteiger partial charge on any atom is 0.407 e. The van der Waals surface area contributed by atoms with Gasteiger partial charge in [0.05, 0.1) is 42.7 Å². The van der Waals surface area contributed by atoms with E-state index in [4.69, 9.17) is 8.85 Å². The number of hydrogen-bond acceptors (Lipinski definition) is 10. The van der Waals surface area contributed by atoms with Gasteiger partial charge in [-0.25, -0.2) is 14.6 Å². The molecule has 0 aliphatic rings. The van der Waals surface area contributed by atoms with Crippen LogP contribution in [0.3, 0.4) is 0 Å². The van der Waals surface area contributed by atoms with Crippen LogP contribution in [-0.2, 0) is 32.0 Å². The van der Waals surface area contributed by atoms with Crippen molar-refractivity contribution in [2.24, 2.45) is 10.8 Å². The monoisotopic (exact) mass is 723 g/mol. The number of hydrazine groups is 1. The van der Waals surface area contributed by atoms with Crippen LogP contribution in [0.2, 0.25) is 0 Å². The number of aliphatic hydroxyl groups is 2. The maximum atomic E-state index is 13.9. The lowest BCUT2D eigenvalue weighted by Crippen LogP contribution is -2.61. The van der Waals surface area contributed by atoms with Crippen molar-refractivity contribution in [3.8, 4) is 11.3 Å². The van der Waals surface area contributed by atoms with Crippen molar-refractivity contribution in [2.75, 3.05) is 27.3 Å². The molecule has 14 heteroatoms. The standard InChI is InChI=1S/C38H52N6O8/c1-37(2,3)31(41-35(49)51-6)34(48)43-44(22-26-16-18-27(19-17-26)28-15-11-12-20-39-28)23-30(46)29(21-25-13-9-8-10-14-25)40-33(47)32(38(4,5)24-45)42-36(50)52-7/h8-20,29-32,45-46H,21-24H2,1-7H3,(H,40,47)(H,41,49)(H,42,50)(H,43,48)/t29-,30-,31+,32+/m0/s1/i6D3. The van der Waals surface area contributed by atoms with Crippen LogP contribution in [0.5, 0.6) is 0 Å². The van der Waals surface area contributed by atoms with Gasteiger partial charge >= 0.3 is 12.2 Å². The van der Waals surface area contributed by atoms with Crippen molar-refractivity contribution < 1.29 is 43.0 Å². The van der Waals surface area contributed by atoms with Crippen molar-refractivity contribution in [3.63, 3.8) is 0 Å². The number of aliphatic hydroxyl groups excluding tert-OH is 2. The fourth-order valence-electron chi connectivity index (χ4n) is 5.38. The summed E-state index contributed by atoms with van der Waals surface area (Å²) in [6.45, 7) is 7.47. The van der Waals surface area contributed by atoms with Crippen LogP contribution in [0, 0.1) is 10.8 Å². The Morgan fingerprint density at radius 1 is 0.827 bits per heavy atom. The minimum atomic E-state index is -3.05. The van der Waals surface area contributed by atoms with Gasteiger partial charge in [-0.15, -0.1) is 0 Å². The number of ether oxygens (including phenoxy) is 2. The molecule has 0 fully saturated rings. The van der Waals surface area contributed by atoms with E-state index in [1.807, 2.05) is 60.7 Å². The van der Waals surface area contributed by atoms with Gasteiger partial charge in [0, 0.05) is 30.3 Å². The zero-order chi connectivity index (χ0) is 41.0. The van der Waals surface area contributed by atoms with Crippen LogP contribution < -0.4 is 21.4 Å². The molecule has 0 radical (unpaired) electrons. The first kappa shape index (κ1) is 36.7. The minimum absolute atomic E-state index is 0.0396. The van der Waals surface area contributed by atoms with Crippen molar-refractivity contribution in [2.45, 2.75) is 71.8 Å². The SMILES string of the molecule is [2H]C([2H])([2H])OC(=O)N[C@H](C(=O)NN(Cc1ccc(-c2ccccn2)cc1)C[C@H](O)[C@H](Cc1ccccc1)NC(=O)[C@@H](NC(=O)OC)C(C)(C)CO)C(C)(C)C. The normalized spacial score (nSPS) is 15.1. The lowest BCUT2D eigenvalue weighted by Gasteiger charge is -2.36. The third kappa shape index (κ3) is 12.3. The zero-order valence-corrected chi connectivity index (χ0v) is 30.4. The van der Waals surface area contributed by atoms with Gasteiger partial charge in [0.1, 0.15) is 12.1 Å². The van der Waals surface area contributed by atoms with E-state index >= 15 is 0 Å². The van der Waals surface area contributed by atoms with Crippen molar-refractivity contribution in [1.82, 2.24) is 31.4 Å². The van der Waals surface area contributed by atoms with Crippen LogP contribution in [0.1, 0.15) is 49.9 Å². The van der Waals surface area contributed by atoms with E-state index in [0.717, 1.165) is 23.9 Å². The average Bonchev–Trinajstić information content (AvgIpc) is 3.12. The Labute approximate surface area is 309 Å². The Morgan fingerprint density at radius 2 is 1.46 bits per heavy atom. The summed E-state index contributed by atoms with van der Waals surface area (Å²) < 4.78 is 31.0. The topological polar surface area (TPSA) is 191 Å². The molecule has 0 bridgehead atoms. The van der Waals surface area contributed by atoms with Gasteiger partial charge in [-0.05, 0) is 35.1 Å². The predicted octanol–water partition coefficient (Wildman–Crippen LogP) is 3.18. The summed E-state index contributed by atoms with van der Waals surface area (Å²) in [5, 5.41) is 31.0. The van der Waals surface area contributed by atoms with E-state index in [1.54, 1.807) is 52.9 Å². The first-order chi connectivity index (χ1) is 25.7. The second kappa shape index (κ2) is 19.0. The summed E-state index contributed by atoms with van der Waals surface area (Å²) in [5.41, 5.74) is 3.77. The van der Waals surface area contributed by atoms with E-state index in [-0.39, 0.29) is 19.5 Å². The highest BCUT2D eigenvalue weighted by atomic mass is 16.5. The molecule has 4 amide bonds. The van der Waals surface area contributed by atoms with Crippen molar-refractivity contribution >= 4 is 24.0 Å². The van der Waals surface area contributed by atoms with Crippen molar-refractivity contribution in [3.05, 3.63) is 90.1 Å². The Morgan fingerprint density at radius 3 is 2.04 bits per heavy atom. The summed E-state index contributed by atoms with van der Waals surface area (Å²) in [7, 11) is -1.90. The van der Waals surface area contributed by atoms with Crippen LogP contribution in [0.15, 0.2) is 79.0 Å². The number of nitrogens with one attached hydrogen (secondary N) is 4. The van der Waals surface area contributed by atoms with Gasteiger partial charge in [0.25, 0.3) is 5.91 Å². The minimum Gasteiger partial charge on any atom is -0.453 e. The van der Waals surface area contributed by atoms with Crippen LogP contribution in [-0.4, -0.2) is 95.7 Å². The second-order valence-electron chi connectivity index (χ2n) is 14.2. The molecular formula is C38H52N6O8. The molecule has 0 saturated heterocycles. The van der Waals surface area contributed by atoms with Gasteiger partial charge in [0.2, 0.25) is 5.91 Å². The summed E-state index contributed by atoms with van der Waals surface area (Å²) in [6.07, 6.45) is -1.77. The zero-order valence-electron chi connectivity index (χ0n) is 33.4. The summed E-state index contributed by atoms with van der Waals surface area (Å²) >= 11 is 0. The number of carbonyl (C=O) groups excluding carboxylic acids is 4. The summed E-state index contributed by atoms with van der Waals surface area (Å²) in [4.78, 5) is 56.8. The number of hydrogen-bond donors (Lipinski definition) is 6. The maximum absolute atomic E-state index is 13.9. The highest BCUT2D eigenvalue weighted by Gasteiger charge is 2.39. The van der Waals surface area contributed by atoms with Gasteiger partial charge in [-0.3, -0.25) is 20.0 Å². The van der Waals surface area contributed by atoms with Crippen LogP contribution in [0.25, 0.3) is 11.3 Å². The number of pyridine rings is 1. The van der Waals surface area contributed by atoms with Gasteiger partial charge < -0.3 is 35.6 Å². The van der Waals surface area contributed by atoms with E-state index in [9.17, 15) is 29.4 Å². The first-order valence-corrected chi connectivity index (χ1v) is 16.8. The fourth-order valence-corrected chi connectivity index (χ4v) is 5.38. The molecule has 6 N–H and O–H groups in total. The van der Waals surface area contributed by atoms with Crippen LogP contribution >= 0.6 is 0 Å². The molecule has 1 aromatic heterocycles. The molecule has 14 nitrogen and oxygen atoms in total. The Hall–Kier alpha value is -5.05. The number of nitrogens with zero attached hydrogens (tertiary/aromatic N) is 2. The van der Waals surface area contributed by atoms with E-state index in [0.29, 0.717) is 5.56 Å². The molecule has 282 valence electrons. The number of amides is 4. The van der Waals surface area contributed by atoms with Gasteiger partial charge in [0.15, 0.2) is 0 Å². The number of carbonyl (C=O) groups is 4. The Balaban J connectivity index is 1.98. The molecule has 4 atom stereocenters. The lowest BCUT2D eigenvalue weighted by molar-refractivity contribution is -0.132. The predicted molar refractivity (Wildman–Crippen MR) is 195 cm³/mol. The molecule has 1 heterocycles. The molecule has 0 aliphatic heterocycles. The number of alkyl carbamates (subject to hydrolysis) is 2. The number of methoxy groups -OCH3 is 2. The number of rotatable bonds is 16. The van der Waals surface area contributed by atoms with E-state index in [2.05, 4.69) is 31.1 Å². The first-order valence-electron chi connectivity index (χ1n) is 18.3. The van der Waals surface area contributed by atoms with Crippen molar-refractivity contribution in [1.29, 1.82) is 0 Å². The molecule has 2 aromatic carbocycles. The lowest BCUT2D eigenvalue weighted by atomic mass is 9.84. The third-order valence-corrected chi connectivity index (χ3v) is 8.44. The van der Waals surface area contributed by atoms with E-state index < -0.39 is 72.7 Å². The van der Waals surface area contributed by atoms with Gasteiger partial charge in [-0.1, -0.05) is 95.3 Å². The molecular weight excluding hydrogens is 668 g/mol. The summed E-state index contributed by atoms with van der Waals surface area (Å²) in [5.74, 6) is -1.43. The molecule has 3 rings (SSSR count). The molecule has 0 spiro atoms. The molecule has 0 aliphatic carbocycles. The quantitative estimate of drug-likeness (QED) is 0.120. The Bertz CT molecular complexity index is 1710.